The van der Waals surface area contributed by atoms with Crippen LogP contribution in [0.15, 0.2) is 186 Å². The highest BCUT2D eigenvalue weighted by Gasteiger charge is 2.26. The standard InChI is InChI=1S/C51H30N2O/c1-2-14-31(15-3-1)32-26-28-33(29-27-32)41-30-45(52-42-23-11-8-18-36(41)42)53-43-24-12-9-21-39(43)48-46-37-19-6-4-16-34(37)35-17-5-7-20-38(35)47(46)49-40-22-10-13-25-44(40)54-51(49)50(48)53/h1-30H. The van der Waals surface area contributed by atoms with Crippen molar-refractivity contribution in [1.29, 1.82) is 0 Å². The summed E-state index contributed by atoms with van der Waals surface area (Å²) < 4.78 is 9.39. The SMILES string of the molecule is c1ccc(-c2ccc(-c3cc(-n4c5ccccc5c5c6c7ccccc7c7ccccc7c6c6c7ccccc7oc6c54)nc4ccccc34)cc2)cc1. The fraction of sp³-hybridized carbons (Fsp3) is 0. The first-order valence-electron chi connectivity index (χ1n) is 18.5. The van der Waals surface area contributed by atoms with E-state index in [-0.39, 0.29) is 0 Å². The van der Waals surface area contributed by atoms with Crippen molar-refractivity contribution in [3.8, 4) is 28.1 Å². The van der Waals surface area contributed by atoms with Gasteiger partial charge in [0.2, 0.25) is 0 Å². The van der Waals surface area contributed by atoms with Crippen LogP contribution < -0.4 is 0 Å². The summed E-state index contributed by atoms with van der Waals surface area (Å²) in [7, 11) is 0. The van der Waals surface area contributed by atoms with Crippen molar-refractivity contribution in [3.05, 3.63) is 182 Å². The number of pyridine rings is 1. The number of hydrogen-bond acceptors (Lipinski definition) is 2. The molecule has 0 saturated carbocycles. The first-order valence-corrected chi connectivity index (χ1v) is 18.5. The van der Waals surface area contributed by atoms with E-state index in [1.165, 1.54) is 54.2 Å². The third kappa shape index (κ3) is 4.04. The van der Waals surface area contributed by atoms with E-state index in [9.17, 15) is 0 Å². The van der Waals surface area contributed by atoms with E-state index < -0.39 is 0 Å². The molecular formula is C51H30N2O. The Balaban J connectivity index is 1.27. The Morgan fingerprint density at radius 2 is 0.926 bits per heavy atom. The van der Waals surface area contributed by atoms with E-state index in [0.29, 0.717) is 0 Å². The highest BCUT2D eigenvalue weighted by molar-refractivity contribution is 6.44. The topological polar surface area (TPSA) is 31.0 Å². The molecule has 0 N–H and O–H groups in total. The molecule has 0 spiro atoms. The second kappa shape index (κ2) is 11.1. The van der Waals surface area contributed by atoms with Crippen LogP contribution in [-0.4, -0.2) is 9.55 Å². The largest absolute Gasteiger partial charge is 0.454 e. The first kappa shape index (κ1) is 29.4. The molecule has 0 saturated heterocycles. The van der Waals surface area contributed by atoms with Gasteiger partial charge in [-0.05, 0) is 68.1 Å². The summed E-state index contributed by atoms with van der Waals surface area (Å²) in [6, 6.07) is 65.2. The summed E-state index contributed by atoms with van der Waals surface area (Å²) in [5.74, 6) is 0.855. The van der Waals surface area contributed by atoms with Crippen LogP contribution in [0.5, 0.6) is 0 Å². The molecule has 0 aliphatic heterocycles. The van der Waals surface area contributed by atoms with E-state index in [4.69, 9.17) is 9.40 Å². The average Bonchev–Trinajstić information content (AvgIpc) is 3.80. The minimum Gasteiger partial charge on any atom is -0.454 e. The van der Waals surface area contributed by atoms with Crippen molar-refractivity contribution >= 4 is 87.0 Å². The summed E-state index contributed by atoms with van der Waals surface area (Å²) in [5, 5.41) is 13.1. The van der Waals surface area contributed by atoms with Crippen molar-refractivity contribution in [3.63, 3.8) is 0 Å². The molecule has 3 aromatic heterocycles. The van der Waals surface area contributed by atoms with Gasteiger partial charge in [0.15, 0.2) is 5.58 Å². The van der Waals surface area contributed by atoms with Gasteiger partial charge in [-0.2, -0.15) is 0 Å². The van der Waals surface area contributed by atoms with Crippen molar-refractivity contribution in [2.24, 2.45) is 0 Å². The van der Waals surface area contributed by atoms with Crippen LogP contribution in [0.1, 0.15) is 0 Å². The molecule has 54 heavy (non-hydrogen) atoms. The van der Waals surface area contributed by atoms with Crippen LogP contribution in [0.4, 0.5) is 0 Å². The molecule has 9 aromatic carbocycles. The van der Waals surface area contributed by atoms with E-state index in [0.717, 1.165) is 60.8 Å². The molecule has 12 rings (SSSR count). The minimum absolute atomic E-state index is 0.855. The molecule has 0 radical (unpaired) electrons. The van der Waals surface area contributed by atoms with Gasteiger partial charge >= 0.3 is 0 Å². The fourth-order valence-corrected chi connectivity index (χ4v) is 9.05. The summed E-state index contributed by atoms with van der Waals surface area (Å²) in [5.41, 5.74) is 9.50. The lowest BCUT2D eigenvalue weighted by Crippen LogP contribution is -2.00. The Labute approximate surface area is 309 Å². The third-order valence-corrected chi connectivity index (χ3v) is 11.4. The zero-order valence-electron chi connectivity index (χ0n) is 29.1. The molecule has 0 atom stereocenters. The second-order valence-corrected chi connectivity index (χ2v) is 14.2. The van der Waals surface area contributed by atoms with Crippen LogP contribution in [0, 0.1) is 0 Å². The lowest BCUT2D eigenvalue weighted by Gasteiger charge is -2.15. The van der Waals surface area contributed by atoms with E-state index in [1.807, 2.05) is 0 Å². The van der Waals surface area contributed by atoms with Gasteiger partial charge in [-0.25, -0.2) is 4.98 Å². The number of aromatic nitrogens is 2. The minimum atomic E-state index is 0.855. The third-order valence-electron chi connectivity index (χ3n) is 11.4. The number of fused-ring (bicyclic) bond motifs is 16. The summed E-state index contributed by atoms with van der Waals surface area (Å²) in [6.45, 7) is 0. The molecule has 0 amide bonds. The monoisotopic (exact) mass is 686 g/mol. The lowest BCUT2D eigenvalue weighted by atomic mass is 9.89. The Hall–Kier alpha value is -7.23. The molecule has 12 aromatic rings. The van der Waals surface area contributed by atoms with Crippen LogP contribution in [0.2, 0.25) is 0 Å². The maximum absolute atomic E-state index is 7.04. The van der Waals surface area contributed by atoms with E-state index >= 15 is 0 Å². The number of para-hydroxylation sites is 3. The lowest BCUT2D eigenvalue weighted by molar-refractivity contribution is 0.671. The van der Waals surface area contributed by atoms with Crippen molar-refractivity contribution in [2.45, 2.75) is 0 Å². The zero-order valence-corrected chi connectivity index (χ0v) is 29.1. The summed E-state index contributed by atoms with van der Waals surface area (Å²) in [6.07, 6.45) is 0. The molecule has 0 aliphatic rings. The maximum Gasteiger partial charge on any atom is 0.160 e. The summed E-state index contributed by atoms with van der Waals surface area (Å²) in [4.78, 5) is 5.44. The average molecular weight is 687 g/mol. The maximum atomic E-state index is 7.04. The van der Waals surface area contributed by atoms with Gasteiger partial charge in [-0.1, -0.05) is 158 Å². The molecule has 250 valence electrons. The van der Waals surface area contributed by atoms with Gasteiger partial charge in [0.05, 0.1) is 16.6 Å². The van der Waals surface area contributed by atoms with Crippen LogP contribution in [-0.2, 0) is 0 Å². The number of hydrogen-bond donors (Lipinski definition) is 0. The van der Waals surface area contributed by atoms with Gasteiger partial charge in [0, 0.05) is 37.7 Å². The Kier molecular flexibility index (Phi) is 6.05. The van der Waals surface area contributed by atoms with Gasteiger partial charge < -0.3 is 4.42 Å². The normalized spacial score (nSPS) is 12.1. The van der Waals surface area contributed by atoms with E-state index in [1.54, 1.807) is 0 Å². The fourth-order valence-electron chi connectivity index (χ4n) is 9.05. The zero-order chi connectivity index (χ0) is 35.3. The van der Waals surface area contributed by atoms with Crippen molar-refractivity contribution in [2.75, 3.05) is 0 Å². The molecule has 0 unspecified atom stereocenters. The second-order valence-electron chi connectivity index (χ2n) is 14.2. The molecular weight excluding hydrogens is 657 g/mol. The van der Waals surface area contributed by atoms with E-state index in [2.05, 4.69) is 187 Å². The Morgan fingerprint density at radius 3 is 1.67 bits per heavy atom. The number of furan rings is 1. The van der Waals surface area contributed by atoms with Gasteiger partial charge in [0.1, 0.15) is 11.4 Å². The molecule has 3 nitrogen and oxygen atoms in total. The Bertz CT molecular complexity index is 3480. The summed E-state index contributed by atoms with van der Waals surface area (Å²) >= 11 is 0. The predicted octanol–water partition coefficient (Wildman–Crippen LogP) is 14.0. The number of rotatable bonds is 3. The van der Waals surface area contributed by atoms with Gasteiger partial charge in [0.25, 0.3) is 0 Å². The molecule has 3 heteroatoms. The van der Waals surface area contributed by atoms with Gasteiger partial charge in [-0.15, -0.1) is 0 Å². The molecule has 3 heterocycles. The number of benzene rings is 9. The van der Waals surface area contributed by atoms with Crippen molar-refractivity contribution < 1.29 is 4.42 Å². The predicted molar refractivity (Wildman–Crippen MR) is 227 cm³/mol. The highest BCUT2D eigenvalue weighted by atomic mass is 16.3. The Morgan fingerprint density at radius 1 is 0.389 bits per heavy atom. The smallest absolute Gasteiger partial charge is 0.160 e. The molecule has 0 bridgehead atoms. The quantitative estimate of drug-likeness (QED) is 0.173. The van der Waals surface area contributed by atoms with Crippen LogP contribution in [0.3, 0.4) is 0 Å². The van der Waals surface area contributed by atoms with Crippen LogP contribution in [0.25, 0.3) is 115 Å². The number of nitrogens with zero attached hydrogens (tertiary/aromatic N) is 2. The molecule has 0 fully saturated rings. The van der Waals surface area contributed by atoms with Crippen LogP contribution >= 0.6 is 0 Å². The first-order chi connectivity index (χ1) is 26.8. The van der Waals surface area contributed by atoms with Gasteiger partial charge in [-0.3, -0.25) is 4.57 Å². The molecule has 0 aliphatic carbocycles. The highest BCUT2D eigenvalue weighted by Crippen LogP contribution is 2.50. The van der Waals surface area contributed by atoms with Crippen molar-refractivity contribution in [1.82, 2.24) is 9.55 Å².